The van der Waals surface area contributed by atoms with Crippen molar-refractivity contribution in [2.75, 3.05) is 0 Å². The van der Waals surface area contributed by atoms with Crippen LogP contribution in [0.2, 0.25) is 0 Å². The van der Waals surface area contributed by atoms with Gasteiger partial charge >= 0.3 is 5.97 Å². The summed E-state index contributed by atoms with van der Waals surface area (Å²) in [7, 11) is 0. The Morgan fingerprint density at radius 2 is 2.16 bits per heavy atom. The van der Waals surface area contributed by atoms with E-state index >= 15 is 0 Å². The molecule has 0 saturated carbocycles. The number of cyclic esters (lactones) is 1. The van der Waals surface area contributed by atoms with Gasteiger partial charge in [0.2, 0.25) is 0 Å². The molecule has 0 bridgehead atoms. The summed E-state index contributed by atoms with van der Waals surface area (Å²) in [6.07, 6.45) is 1.25. The molecule has 1 amide bonds. The van der Waals surface area contributed by atoms with Gasteiger partial charge in [0, 0.05) is 12.5 Å². The Labute approximate surface area is 113 Å². The van der Waals surface area contributed by atoms with Crippen molar-refractivity contribution in [1.29, 1.82) is 0 Å². The number of rotatable bonds is 3. The lowest BCUT2D eigenvalue weighted by Gasteiger charge is -2.33. The number of amides is 1. The summed E-state index contributed by atoms with van der Waals surface area (Å²) in [5.74, 6) is -0.659. The molecule has 1 aliphatic heterocycles. The van der Waals surface area contributed by atoms with Gasteiger partial charge in [-0.3, -0.25) is 4.79 Å². The van der Waals surface area contributed by atoms with Gasteiger partial charge in [-0.15, -0.1) is 0 Å². The quantitative estimate of drug-likeness (QED) is 0.847. The SMILES string of the molecule is CCC(C)NC(=O)C1(C)Cc2ccccc2C(=O)O1. The first kappa shape index (κ1) is 13.6. The van der Waals surface area contributed by atoms with Gasteiger partial charge < -0.3 is 10.1 Å². The molecular weight excluding hydrogens is 242 g/mol. The van der Waals surface area contributed by atoms with E-state index in [1.165, 1.54) is 0 Å². The van der Waals surface area contributed by atoms with Crippen LogP contribution in [0.3, 0.4) is 0 Å². The van der Waals surface area contributed by atoms with Crippen LogP contribution in [0.25, 0.3) is 0 Å². The number of esters is 1. The third-order valence-corrected chi connectivity index (χ3v) is 3.55. The summed E-state index contributed by atoms with van der Waals surface area (Å²) >= 11 is 0. The highest BCUT2D eigenvalue weighted by Crippen LogP contribution is 2.28. The molecule has 2 atom stereocenters. The van der Waals surface area contributed by atoms with E-state index in [0.717, 1.165) is 12.0 Å². The third kappa shape index (κ3) is 2.62. The lowest BCUT2D eigenvalue weighted by Crippen LogP contribution is -2.53. The van der Waals surface area contributed by atoms with Gasteiger partial charge in [0.25, 0.3) is 5.91 Å². The number of hydrogen-bond acceptors (Lipinski definition) is 3. The molecule has 0 aromatic heterocycles. The first-order valence-corrected chi connectivity index (χ1v) is 6.58. The standard InChI is InChI=1S/C15H19NO3/c1-4-10(2)16-14(18)15(3)9-11-7-5-6-8-12(11)13(17)19-15/h5-8,10H,4,9H2,1-3H3,(H,16,18). The summed E-state index contributed by atoms with van der Waals surface area (Å²) < 4.78 is 5.36. The zero-order chi connectivity index (χ0) is 14.0. The van der Waals surface area contributed by atoms with Crippen LogP contribution in [0.1, 0.15) is 43.1 Å². The maximum Gasteiger partial charge on any atom is 0.339 e. The second-order valence-corrected chi connectivity index (χ2v) is 5.24. The second-order valence-electron chi connectivity index (χ2n) is 5.24. The predicted octanol–water partition coefficient (Wildman–Crippen LogP) is 2.07. The van der Waals surface area contributed by atoms with Crippen molar-refractivity contribution in [2.24, 2.45) is 0 Å². The van der Waals surface area contributed by atoms with Gasteiger partial charge in [0.05, 0.1) is 5.56 Å². The largest absolute Gasteiger partial charge is 0.445 e. The lowest BCUT2D eigenvalue weighted by molar-refractivity contribution is -0.140. The van der Waals surface area contributed by atoms with E-state index in [4.69, 9.17) is 4.74 Å². The molecule has 0 spiro atoms. The van der Waals surface area contributed by atoms with Crippen LogP contribution in [0.15, 0.2) is 24.3 Å². The summed E-state index contributed by atoms with van der Waals surface area (Å²) in [6.45, 7) is 5.59. The van der Waals surface area contributed by atoms with Crippen LogP contribution in [-0.2, 0) is 16.0 Å². The van der Waals surface area contributed by atoms with Gasteiger partial charge in [0.15, 0.2) is 5.60 Å². The average molecular weight is 261 g/mol. The number of ether oxygens (including phenoxy) is 1. The normalized spacial score (nSPS) is 23.2. The fraction of sp³-hybridized carbons (Fsp3) is 0.467. The van der Waals surface area contributed by atoms with Crippen molar-refractivity contribution in [3.63, 3.8) is 0 Å². The highest BCUT2D eigenvalue weighted by molar-refractivity contribution is 5.97. The minimum atomic E-state index is -1.12. The van der Waals surface area contributed by atoms with Gasteiger partial charge in [-0.1, -0.05) is 25.1 Å². The van der Waals surface area contributed by atoms with E-state index < -0.39 is 11.6 Å². The molecule has 0 fully saturated rings. The van der Waals surface area contributed by atoms with E-state index in [0.29, 0.717) is 12.0 Å². The molecule has 2 unspecified atom stereocenters. The Morgan fingerprint density at radius 3 is 2.84 bits per heavy atom. The van der Waals surface area contributed by atoms with E-state index in [9.17, 15) is 9.59 Å². The van der Waals surface area contributed by atoms with Crippen molar-refractivity contribution in [2.45, 2.75) is 45.3 Å². The number of nitrogens with one attached hydrogen (secondary N) is 1. The zero-order valence-electron chi connectivity index (χ0n) is 11.5. The molecule has 0 radical (unpaired) electrons. The van der Waals surface area contributed by atoms with Gasteiger partial charge in [-0.05, 0) is 31.9 Å². The first-order valence-electron chi connectivity index (χ1n) is 6.58. The van der Waals surface area contributed by atoms with Crippen LogP contribution < -0.4 is 5.32 Å². The highest BCUT2D eigenvalue weighted by Gasteiger charge is 2.42. The summed E-state index contributed by atoms with van der Waals surface area (Å²) in [5.41, 5.74) is 0.298. The predicted molar refractivity (Wildman–Crippen MR) is 71.9 cm³/mol. The van der Waals surface area contributed by atoms with Crippen LogP contribution in [0, 0.1) is 0 Å². The van der Waals surface area contributed by atoms with Gasteiger partial charge in [-0.2, -0.15) is 0 Å². The molecule has 1 aliphatic rings. The number of carbonyl (C=O) groups is 2. The molecule has 1 heterocycles. The fourth-order valence-corrected chi connectivity index (χ4v) is 2.14. The monoisotopic (exact) mass is 261 g/mol. The van der Waals surface area contributed by atoms with Crippen molar-refractivity contribution in [3.05, 3.63) is 35.4 Å². The summed E-state index contributed by atoms with van der Waals surface area (Å²) in [5, 5.41) is 2.87. The van der Waals surface area contributed by atoms with Crippen LogP contribution in [0.5, 0.6) is 0 Å². The Balaban J connectivity index is 2.23. The highest BCUT2D eigenvalue weighted by atomic mass is 16.6. The Kier molecular flexibility index (Phi) is 3.60. The zero-order valence-corrected chi connectivity index (χ0v) is 11.5. The summed E-state index contributed by atoms with van der Waals surface area (Å²) in [4.78, 5) is 24.2. The molecule has 0 saturated heterocycles. The topological polar surface area (TPSA) is 55.4 Å². The van der Waals surface area contributed by atoms with E-state index in [2.05, 4.69) is 5.32 Å². The lowest BCUT2D eigenvalue weighted by atomic mass is 9.89. The Bertz CT molecular complexity index is 512. The van der Waals surface area contributed by atoms with E-state index in [1.807, 2.05) is 26.0 Å². The van der Waals surface area contributed by atoms with Gasteiger partial charge in [-0.25, -0.2) is 4.79 Å². The number of hydrogen-bond donors (Lipinski definition) is 1. The molecule has 0 aliphatic carbocycles. The fourth-order valence-electron chi connectivity index (χ4n) is 2.14. The molecule has 2 rings (SSSR count). The Hall–Kier alpha value is -1.84. The minimum Gasteiger partial charge on any atom is -0.445 e. The van der Waals surface area contributed by atoms with Crippen LogP contribution in [-0.4, -0.2) is 23.5 Å². The van der Waals surface area contributed by atoms with Crippen LogP contribution in [0.4, 0.5) is 0 Å². The smallest absolute Gasteiger partial charge is 0.339 e. The molecule has 102 valence electrons. The van der Waals surface area contributed by atoms with Crippen molar-refractivity contribution in [3.8, 4) is 0 Å². The second kappa shape index (κ2) is 5.03. The maximum absolute atomic E-state index is 12.3. The number of benzene rings is 1. The Morgan fingerprint density at radius 1 is 1.47 bits per heavy atom. The van der Waals surface area contributed by atoms with E-state index in [1.54, 1.807) is 19.1 Å². The minimum absolute atomic E-state index is 0.0696. The van der Waals surface area contributed by atoms with Crippen LogP contribution >= 0.6 is 0 Å². The maximum atomic E-state index is 12.3. The molecule has 19 heavy (non-hydrogen) atoms. The van der Waals surface area contributed by atoms with Crippen molar-refractivity contribution in [1.82, 2.24) is 5.32 Å². The van der Waals surface area contributed by atoms with Crippen molar-refractivity contribution < 1.29 is 14.3 Å². The number of fused-ring (bicyclic) bond motifs is 1. The van der Waals surface area contributed by atoms with E-state index in [-0.39, 0.29) is 11.9 Å². The average Bonchev–Trinajstić information content (AvgIpc) is 2.38. The molecule has 1 aromatic carbocycles. The van der Waals surface area contributed by atoms with Crippen molar-refractivity contribution >= 4 is 11.9 Å². The third-order valence-electron chi connectivity index (χ3n) is 3.55. The molecule has 1 aromatic rings. The summed E-state index contributed by atoms with van der Waals surface area (Å²) in [6, 6.07) is 7.32. The molecule has 4 nitrogen and oxygen atoms in total. The molecular formula is C15H19NO3. The molecule has 4 heteroatoms. The first-order chi connectivity index (χ1) is 8.96. The molecule has 1 N–H and O–H groups in total. The van der Waals surface area contributed by atoms with Gasteiger partial charge in [0.1, 0.15) is 0 Å². The number of carbonyl (C=O) groups excluding carboxylic acids is 2.